The van der Waals surface area contributed by atoms with E-state index in [0.717, 1.165) is 37.3 Å². The number of aromatic nitrogens is 2. The summed E-state index contributed by atoms with van der Waals surface area (Å²) in [6.07, 6.45) is 5.12. The number of aryl methyl sites for hydroxylation is 1. The Kier molecular flexibility index (Phi) is 6.68. The highest BCUT2D eigenvalue weighted by molar-refractivity contribution is 5.97. The SMILES string of the molecule is Cc1cc(CC(C)NC(=O)Nc2cccc(C(=O)N3CCCCCC3)c2)n[nH]1. The quantitative estimate of drug-likeness (QED) is 0.738. The van der Waals surface area contributed by atoms with Crippen molar-refractivity contribution in [3.63, 3.8) is 0 Å². The molecule has 0 spiro atoms. The highest BCUT2D eigenvalue weighted by Crippen LogP contribution is 2.16. The summed E-state index contributed by atoms with van der Waals surface area (Å²) in [5.41, 5.74) is 3.13. The molecule has 1 aliphatic rings. The highest BCUT2D eigenvalue weighted by atomic mass is 16.2. The molecule has 1 unspecified atom stereocenters. The normalized spacial score (nSPS) is 15.6. The summed E-state index contributed by atoms with van der Waals surface area (Å²) in [5, 5.41) is 12.8. The first kappa shape index (κ1) is 19.9. The number of nitrogens with one attached hydrogen (secondary N) is 3. The van der Waals surface area contributed by atoms with Crippen molar-refractivity contribution in [2.75, 3.05) is 18.4 Å². The zero-order valence-electron chi connectivity index (χ0n) is 16.6. The van der Waals surface area contributed by atoms with Crippen LogP contribution < -0.4 is 10.6 Å². The van der Waals surface area contributed by atoms with E-state index in [1.54, 1.807) is 24.3 Å². The van der Waals surface area contributed by atoms with Crippen LogP contribution in [0, 0.1) is 6.92 Å². The second-order valence-electron chi connectivity index (χ2n) is 7.53. The standard InChI is InChI=1S/C21H29N5O2/c1-15(12-19-13-16(2)24-25-19)22-21(28)23-18-9-7-8-17(14-18)20(27)26-10-5-3-4-6-11-26/h7-9,13-15H,3-6,10-12H2,1-2H3,(H,24,25)(H2,22,23,28). The third-order valence-corrected chi connectivity index (χ3v) is 4.91. The van der Waals surface area contributed by atoms with E-state index in [4.69, 9.17) is 0 Å². The molecule has 3 N–H and O–H groups in total. The monoisotopic (exact) mass is 383 g/mol. The molecule has 1 saturated heterocycles. The van der Waals surface area contributed by atoms with Crippen LogP contribution in [-0.4, -0.2) is 46.2 Å². The summed E-state index contributed by atoms with van der Waals surface area (Å²) in [6.45, 7) is 5.49. The van der Waals surface area contributed by atoms with Crippen molar-refractivity contribution >= 4 is 17.6 Å². The second kappa shape index (κ2) is 9.39. The van der Waals surface area contributed by atoms with E-state index in [-0.39, 0.29) is 18.0 Å². The van der Waals surface area contributed by atoms with E-state index >= 15 is 0 Å². The number of carbonyl (C=O) groups excluding carboxylic acids is 2. The number of hydrogen-bond donors (Lipinski definition) is 3. The first-order valence-corrected chi connectivity index (χ1v) is 9.99. The van der Waals surface area contributed by atoms with Gasteiger partial charge in [0.1, 0.15) is 0 Å². The topological polar surface area (TPSA) is 90.1 Å². The molecule has 7 nitrogen and oxygen atoms in total. The smallest absolute Gasteiger partial charge is 0.319 e. The first-order valence-electron chi connectivity index (χ1n) is 9.99. The molecule has 1 aliphatic heterocycles. The van der Waals surface area contributed by atoms with E-state index in [9.17, 15) is 9.59 Å². The van der Waals surface area contributed by atoms with Gasteiger partial charge < -0.3 is 15.5 Å². The Labute approximate surface area is 165 Å². The molecule has 0 radical (unpaired) electrons. The van der Waals surface area contributed by atoms with Crippen LogP contribution in [0.15, 0.2) is 30.3 Å². The van der Waals surface area contributed by atoms with Gasteiger partial charge in [0.25, 0.3) is 5.91 Å². The van der Waals surface area contributed by atoms with Crippen molar-refractivity contribution in [3.05, 3.63) is 47.3 Å². The van der Waals surface area contributed by atoms with Gasteiger partial charge in [-0.1, -0.05) is 18.9 Å². The summed E-state index contributed by atoms with van der Waals surface area (Å²) in [7, 11) is 0. The van der Waals surface area contributed by atoms with Crippen LogP contribution in [0.5, 0.6) is 0 Å². The second-order valence-corrected chi connectivity index (χ2v) is 7.53. The third kappa shape index (κ3) is 5.58. The first-order chi connectivity index (χ1) is 13.5. The van der Waals surface area contributed by atoms with Crippen LogP contribution in [0.4, 0.5) is 10.5 Å². The molecule has 0 aliphatic carbocycles. The van der Waals surface area contributed by atoms with Gasteiger partial charge in [0.2, 0.25) is 0 Å². The molecule has 0 bridgehead atoms. The molecule has 1 fully saturated rings. The maximum absolute atomic E-state index is 12.8. The number of aromatic amines is 1. The van der Waals surface area contributed by atoms with Crippen LogP contribution in [0.25, 0.3) is 0 Å². The van der Waals surface area contributed by atoms with Gasteiger partial charge in [-0.25, -0.2) is 4.79 Å². The Morgan fingerprint density at radius 1 is 1.18 bits per heavy atom. The van der Waals surface area contributed by atoms with Gasteiger partial charge in [0, 0.05) is 42.5 Å². The largest absolute Gasteiger partial charge is 0.339 e. The molecule has 0 saturated carbocycles. The number of carbonyl (C=O) groups is 2. The average molecular weight is 383 g/mol. The van der Waals surface area contributed by atoms with Crippen molar-refractivity contribution in [2.45, 2.75) is 52.0 Å². The number of amides is 3. The summed E-state index contributed by atoms with van der Waals surface area (Å²) < 4.78 is 0. The van der Waals surface area contributed by atoms with Crippen LogP contribution in [0.3, 0.4) is 0 Å². The zero-order valence-corrected chi connectivity index (χ0v) is 16.6. The van der Waals surface area contributed by atoms with E-state index in [1.165, 1.54) is 12.8 Å². The molecule has 28 heavy (non-hydrogen) atoms. The van der Waals surface area contributed by atoms with E-state index in [0.29, 0.717) is 17.7 Å². The predicted molar refractivity (Wildman–Crippen MR) is 109 cm³/mol. The molecule has 2 aromatic rings. The van der Waals surface area contributed by atoms with Gasteiger partial charge in [0.05, 0.1) is 5.69 Å². The number of anilines is 1. The van der Waals surface area contributed by atoms with Crippen molar-refractivity contribution < 1.29 is 9.59 Å². The lowest BCUT2D eigenvalue weighted by molar-refractivity contribution is 0.0761. The number of H-pyrrole nitrogens is 1. The van der Waals surface area contributed by atoms with Crippen molar-refractivity contribution in [3.8, 4) is 0 Å². The van der Waals surface area contributed by atoms with Crippen LogP contribution in [-0.2, 0) is 6.42 Å². The molecule has 150 valence electrons. The van der Waals surface area contributed by atoms with Crippen LogP contribution >= 0.6 is 0 Å². The van der Waals surface area contributed by atoms with Gasteiger partial charge in [0.15, 0.2) is 0 Å². The summed E-state index contributed by atoms with van der Waals surface area (Å²) in [5.74, 6) is 0.0354. The molecule has 1 aromatic carbocycles. The lowest BCUT2D eigenvalue weighted by Gasteiger charge is -2.20. The minimum Gasteiger partial charge on any atom is -0.339 e. The van der Waals surface area contributed by atoms with E-state index in [2.05, 4.69) is 20.8 Å². The maximum atomic E-state index is 12.8. The number of likely N-dealkylation sites (tertiary alicyclic amines) is 1. The number of nitrogens with zero attached hydrogens (tertiary/aromatic N) is 2. The predicted octanol–water partition coefficient (Wildman–Crippen LogP) is 3.49. The van der Waals surface area contributed by atoms with E-state index in [1.807, 2.05) is 24.8 Å². The fraction of sp³-hybridized carbons (Fsp3) is 0.476. The number of rotatable bonds is 5. The third-order valence-electron chi connectivity index (χ3n) is 4.91. The minimum absolute atomic E-state index is 0.0354. The summed E-state index contributed by atoms with van der Waals surface area (Å²) in [6, 6.07) is 8.75. The molecule has 1 atom stereocenters. The maximum Gasteiger partial charge on any atom is 0.319 e. The lowest BCUT2D eigenvalue weighted by atomic mass is 10.1. The van der Waals surface area contributed by atoms with Gasteiger partial charge in [-0.15, -0.1) is 0 Å². The summed E-state index contributed by atoms with van der Waals surface area (Å²) >= 11 is 0. The minimum atomic E-state index is -0.292. The fourth-order valence-corrected chi connectivity index (χ4v) is 3.52. The fourth-order valence-electron chi connectivity index (χ4n) is 3.52. The van der Waals surface area contributed by atoms with Crippen molar-refractivity contribution in [1.29, 1.82) is 0 Å². The summed E-state index contributed by atoms with van der Waals surface area (Å²) in [4.78, 5) is 27.0. The molecule has 3 rings (SSSR count). The van der Waals surface area contributed by atoms with E-state index < -0.39 is 0 Å². The molecular weight excluding hydrogens is 354 g/mol. The average Bonchev–Trinajstić information content (AvgIpc) is 2.91. The Hall–Kier alpha value is -2.83. The van der Waals surface area contributed by atoms with Crippen LogP contribution in [0.1, 0.15) is 54.4 Å². The van der Waals surface area contributed by atoms with Gasteiger partial charge >= 0.3 is 6.03 Å². The van der Waals surface area contributed by atoms with Crippen molar-refractivity contribution in [2.24, 2.45) is 0 Å². The molecular formula is C21H29N5O2. The van der Waals surface area contributed by atoms with Gasteiger partial charge in [-0.3, -0.25) is 9.89 Å². The number of urea groups is 1. The number of benzene rings is 1. The molecule has 7 heteroatoms. The Bertz CT molecular complexity index is 809. The number of hydrogen-bond acceptors (Lipinski definition) is 3. The zero-order chi connectivity index (χ0) is 19.9. The van der Waals surface area contributed by atoms with Crippen molar-refractivity contribution in [1.82, 2.24) is 20.4 Å². The Morgan fingerprint density at radius 3 is 2.61 bits per heavy atom. The lowest BCUT2D eigenvalue weighted by Crippen LogP contribution is -2.37. The Balaban J connectivity index is 1.55. The van der Waals surface area contributed by atoms with Gasteiger partial charge in [-0.05, 0) is 51.0 Å². The molecule has 2 heterocycles. The van der Waals surface area contributed by atoms with Crippen LogP contribution in [0.2, 0.25) is 0 Å². The molecule has 1 aromatic heterocycles. The highest BCUT2D eigenvalue weighted by Gasteiger charge is 2.18. The molecule has 3 amide bonds. The van der Waals surface area contributed by atoms with Gasteiger partial charge in [-0.2, -0.15) is 5.10 Å². The Morgan fingerprint density at radius 2 is 1.93 bits per heavy atom.